The summed E-state index contributed by atoms with van der Waals surface area (Å²) in [6.45, 7) is 3.21. The Morgan fingerprint density at radius 3 is 2.72 bits per heavy atom. The van der Waals surface area contributed by atoms with Gasteiger partial charge in [-0.25, -0.2) is 0 Å². The van der Waals surface area contributed by atoms with Gasteiger partial charge in [0, 0.05) is 19.7 Å². The molecule has 0 spiro atoms. The third kappa shape index (κ3) is 3.56. The normalized spacial score (nSPS) is 24.1. The van der Waals surface area contributed by atoms with Crippen molar-refractivity contribution in [2.24, 2.45) is 0 Å². The van der Waals surface area contributed by atoms with E-state index in [9.17, 15) is 0 Å². The zero-order valence-corrected chi connectivity index (χ0v) is 11.6. The van der Waals surface area contributed by atoms with Gasteiger partial charge >= 0.3 is 0 Å². The molecular formula is C16H25NO. The highest BCUT2D eigenvalue weighted by atomic mass is 16.5. The van der Waals surface area contributed by atoms with Crippen molar-refractivity contribution in [1.29, 1.82) is 0 Å². The molecule has 0 amide bonds. The van der Waals surface area contributed by atoms with E-state index in [1.807, 2.05) is 7.11 Å². The summed E-state index contributed by atoms with van der Waals surface area (Å²) in [7, 11) is 1.83. The zero-order chi connectivity index (χ0) is 12.8. The van der Waals surface area contributed by atoms with Crippen LogP contribution in [0.15, 0.2) is 24.3 Å². The van der Waals surface area contributed by atoms with Crippen LogP contribution in [0.5, 0.6) is 0 Å². The third-order valence-corrected chi connectivity index (χ3v) is 4.04. The van der Waals surface area contributed by atoms with Crippen LogP contribution in [0.4, 0.5) is 0 Å². The van der Waals surface area contributed by atoms with Gasteiger partial charge in [-0.1, -0.05) is 31.2 Å². The van der Waals surface area contributed by atoms with Crippen molar-refractivity contribution in [1.82, 2.24) is 5.32 Å². The molecule has 1 fully saturated rings. The van der Waals surface area contributed by atoms with Crippen LogP contribution in [0.3, 0.4) is 0 Å². The van der Waals surface area contributed by atoms with Crippen molar-refractivity contribution < 1.29 is 4.74 Å². The maximum Gasteiger partial charge on any atom is 0.0586 e. The van der Waals surface area contributed by atoms with Crippen LogP contribution in [-0.2, 0) is 17.7 Å². The lowest BCUT2D eigenvalue weighted by Crippen LogP contribution is -2.36. The monoisotopic (exact) mass is 247 g/mol. The van der Waals surface area contributed by atoms with Gasteiger partial charge in [0.25, 0.3) is 0 Å². The Morgan fingerprint density at radius 1 is 1.22 bits per heavy atom. The van der Waals surface area contributed by atoms with Crippen molar-refractivity contribution in [3.63, 3.8) is 0 Å². The summed E-state index contributed by atoms with van der Waals surface area (Å²) in [4.78, 5) is 0. The highest BCUT2D eigenvalue weighted by molar-refractivity contribution is 5.26. The molecule has 0 radical (unpaired) electrons. The summed E-state index contributed by atoms with van der Waals surface area (Å²) < 4.78 is 5.48. The summed E-state index contributed by atoms with van der Waals surface area (Å²) >= 11 is 0. The lowest BCUT2D eigenvalue weighted by atomic mass is 9.92. The first kappa shape index (κ1) is 13.6. The van der Waals surface area contributed by atoms with E-state index in [1.54, 1.807) is 0 Å². The first-order valence-electron chi connectivity index (χ1n) is 7.16. The smallest absolute Gasteiger partial charge is 0.0586 e. The van der Waals surface area contributed by atoms with Crippen LogP contribution in [0.1, 0.15) is 43.7 Å². The molecule has 0 aliphatic heterocycles. The van der Waals surface area contributed by atoms with Crippen molar-refractivity contribution in [2.75, 3.05) is 7.11 Å². The minimum atomic E-state index is 0.456. The molecule has 0 bridgehead atoms. The molecule has 100 valence electrons. The van der Waals surface area contributed by atoms with Gasteiger partial charge in [0.15, 0.2) is 0 Å². The van der Waals surface area contributed by atoms with E-state index >= 15 is 0 Å². The van der Waals surface area contributed by atoms with Crippen molar-refractivity contribution >= 4 is 0 Å². The molecule has 1 aliphatic rings. The first-order chi connectivity index (χ1) is 8.83. The van der Waals surface area contributed by atoms with E-state index in [0.717, 1.165) is 19.4 Å². The fourth-order valence-corrected chi connectivity index (χ4v) is 2.87. The molecule has 1 aromatic carbocycles. The first-order valence-corrected chi connectivity index (χ1v) is 7.16. The predicted octanol–water partition coefficient (Wildman–Crippen LogP) is 3.30. The van der Waals surface area contributed by atoms with E-state index in [4.69, 9.17) is 4.74 Å². The van der Waals surface area contributed by atoms with Crippen LogP contribution in [0, 0.1) is 0 Å². The number of benzene rings is 1. The van der Waals surface area contributed by atoms with Gasteiger partial charge in [0.2, 0.25) is 0 Å². The molecule has 2 nitrogen and oxygen atoms in total. The van der Waals surface area contributed by atoms with Gasteiger partial charge in [0.05, 0.1) is 6.10 Å². The fourth-order valence-electron chi connectivity index (χ4n) is 2.87. The van der Waals surface area contributed by atoms with Crippen molar-refractivity contribution in [3.8, 4) is 0 Å². The van der Waals surface area contributed by atoms with E-state index < -0.39 is 0 Å². The molecule has 2 rings (SSSR count). The van der Waals surface area contributed by atoms with Crippen LogP contribution >= 0.6 is 0 Å². The van der Waals surface area contributed by atoms with Crippen LogP contribution < -0.4 is 5.32 Å². The molecule has 1 N–H and O–H groups in total. The number of aryl methyl sites for hydroxylation is 1. The average molecular weight is 247 g/mol. The summed E-state index contributed by atoms with van der Waals surface area (Å²) in [5.41, 5.74) is 2.91. The zero-order valence-electron chi connectivity index (χ0n) is 11.6. The van der Waals surface area contributed by atoms with E-state index in [2.05, 4.69) is 36.5 Å². The summed E-state index contributed by atoms with van der Waals surface area (Å²) in [5, 5.41) is 3.70. The number of nitrogens with one attached hydrogen (secondary N) is 1. The predicted molar refractivity (Wildman–Crippen MR) is 75.7 cm³/mol. The quantitative estimate of drug-likeness (QED) is 0.862. The molecule has 18 heavy (non-hydrogen) atoms. The topological polar surface area (TPSA) is 21.3 Å². The second kappa shape index (κ2) is 6.91. The molecule has 2 heteroatoms. The van der Waals surface area contributed by atoms with Crippen molar-refractivity contribution in [3.05, 3.63) is 35.4 Å². The number of methoxy groups -OCH3 is 1. The molecule has 2 atom stereocenters. The molecule has 1 saturated carbocycles. The standard InChI is InChI=1S/C16H25NO/c1-3-13-7-4-5-8-14(13)12-17-15-9-6-10-16(11-15)18-2/h4-5,7-8,15-17H,3,6,9-12H2,1-2H3. The number of hydrogen-bond acceptors (Lipinski definition) is 2. The molecule has 0 saturated heterocycles. The Bertz CT molecular complexity index is 364. The van der Waals surface area contributed by atoms with Crippen LogP contribution in [0.2, 0.25) is 0 Å². The highest BCUT2D eigenvalue weighted by Crippen LogP contribution is 2.21. The largest absolute Gasteiger partial charge is 0.381 e. The summed E-state index contributed by atoms with van der Waals surface area (Å²) in [6, 6.07) is 9.35. The molecule has 0 heterocycles. The molecule has 1 aromatic rings. The maximum atomic E-state index is 5.48. The second-order valence-corrected chi connectivity index (χ2v) is 5.22. The second-order valence-electron chi connectivity index (χ2n) is 5.22. The van der Waals surface area contributed by atoms with E-state index in [0.29, 0.717) is 12.1 Å². The van der Waals surface area contributed by atoms with Gasteiger partial charge in [-0.15, -0.1) is 0 Å². The van der Waals surface area contributed by atoms with Gasteiger partial charge in [-0.2, -0.15) is 0 Å². The average Bonchev–Trinajstić information content (AvgIpc) is 2.45. The Balaban J connectivity index is 1.87. The van der Waals surface area contributed by atoms with Crippen LogP contribution in [0.25, 0.3) is 0 Å². The highest BCUT2D eigenvalue weighted by Gasteiger charge is 2.21. The summed E-state index contributed by atoms with van der Waals surface area (Å²) in [5.74, 6) is 0. The van der Waals surface area contributed by atoms with Gasteiger partial charge in [0.1, 0.15) is 0 Å². The lowest BCUT2D eigenvalue weighted by Gasteiger charge is -2.29. The van der Waals surface area contributed by atoms with E-state index in [1.165, 1.54) is 30.4 Å². The van der Waals surface area contributed by atoms with Gasteiger partial charge < -0.3 is 10.1 Å². The van der Waals surface area contributed by atoms with Crippen LogP contribution in [-0.4, -0.2) is 19.3 Å². The minimum absolute atomic E-state index is 0.456. The number of rotatable bonds is 5. The fraction of sp³-hybridized carbons (Fsp3) is 0.625. The Kier molecular flexibility index (Phi) is 5.21. The SMILES string of the molecule is CCc1ccccc1CNC1CCCC(OC)C1. The Morgan fingerprint density at radius 2 is 2.00 bits per heavy atom. The Hall–Kier alpha value is -0.860. The molecule has 1 aliphatic carbocycles. The maximum absolute atomic E-state index is 5.48. The van der Waals surface area contributed by atoms with E-state index in [-0.39, 0.29) is 0 Å². The molecular weight excluding hydrogens is 222 g/mol. The Labute approximate surface area is 111 Å². The minimum Gasteiger partial charge on any atom is -0.381 e. The molecule has 0 aromatic heterocycles. The third-order valence-electron chi connectivity index (χ3n) is 4.04. The molecule has 2 unspecified atom stereocenters. The lowest BCUT2D eigenvalue weighted by molar-refractivity contribution is 0.0586. The number of hydrogen-bond donors (Lipinski definition) is 1. The van der Waals surface area contributed by atoms with Crippen molar-refractivity contribution in [2.45, 2.75) is 57.7 Å². The summed E-state index contributed by atoms with van der Waals surface area (Å²) in [6.07, 6.45) is 6.52. The number of ether oxygens (including phenoxy) is 1. The van der Waals surface area contributed by atoms with Gasteiger partial charge in [-0.3, -0.25) is 0 Å². The van der Waals surface area contributed by atoms with Gasteiger partial charge in [-0.05, 0) is 43.2 Å².